The van der Waals surface area contributed by atoms with Gasteiger partial charge >= 0.3 is 0 Å². The van der Waals surface area contributed by atoms with E-state index in [1.807, 2.05) is 32.9 Å². The average molecular weight is 347 g/mol. The summed E-state index contributed by atoms with van der Waals surface area (Å²) in [6, 6.07) is 10.6. The van der Waals surface area contributed by atoms with Gasteiger partial charge in [-0.05, 0) is 55.7 Å². The second-order valence-corrected chi connectivity index (χ2v) is 5.85. The average Bonchev–Trinajstić information content (AvgIpc) is 2.56. The lowest BCUT2D eigenvalue weighted by Gasteiger charge is -2.11. The summed E-state index contributed by atoms with van der Waals surface area (Å²) in [6.07, 6.45) is 0. The minimum atomic E-state index is -0.456. The highest BCUT2D eigenvalue weighted by Gasteiger charge is 2.10. The number of hydrogen-bond donors (Lipinski definition) is 2. The smallest absolute Gasteiger partial charge is 0.276 e. The standard InChI is InChI=1S/C18H19ClN2O3/c1-11-6-4-5-7-15(11)18(23)21-20-16(22)10-24-14-8-12(2)17(19)13(3)9-14/h4-9H,10H2,1-3H3,(H,20,22)(H,21,23). The Morgan fingerprint density at radius 3 is 2.25 bits per heavy atom. The molecule has 2 aromatic rings. The van der Waals surface area contributed by atoms with Crippen LogP contribution in [0.4, 0.5) is 0 Å². The first-order chi connectivity index (χ1) is 11.4. The first kappa shape index (κ1) is 17.8. The molecule has 0 bridgehead atoms. The maximum Gasteiger partial charge on any atom is 0.276 e. The lowest BCUT2D eigenvalue weighted by Crippen LogP contribution is -2.44. The molecule has 0 atom stereocenters. The molecule has 0 radical (unpaired) electrons. The normalized spacial score (nSPS) is 10.2. The van der Waals surface area contributed by atoms with Gasteiger partial charge in [-0.25, -0.2) is 0 Å². The summed E-state index contributed by atoms with van der Waals surface area (Å²) in [7, 11) is 0. The van der Waals surface area contributed by atoms with Crippen LogP contribution in [0.1, 0.15) is 27.0 Å². The van der Waals surface area contributed by atoms with Gasteiger partial charge in [0.2, 0.25) is 0 Å². The van der Waals surface area contributed by atoms with Crippen LogP contribution in [0.25, 0.3) is 0 Å². The summed E-state index contributed by atoms with van der Waals surface area (Å²) in [5, 5.41) is 0.678. The first-order valence-corrected chi connectivity index (χ1v) is 7.80. The van der Waals surface area contributed by atoms with Gasteiger partial charge in [0.1, 0.15) is 5.75 Å². The van der Waals surface area contributed by atoms with Crippen LogP contribution in [-0.2, 0) is 4.79 Å². The third-order valence-electron chi connectivity index (χ3n) is 3.49. The number of halogens is 1. The van der Waals surface area contributed by atoms with Gasteiger partial charge in [-0.15, -0.1) is 0 Å². The molecule has 6 heteroatoms. The van der Waals surface area contributed by atoms with E-state index in [0.717, 1.165) is 16.7 Å². The van der Waals surface area contributed by atoms with Crippen molar-refractivity contribution < 1.29 is 14.3 Å². The number of rotatable bonds is 4. The molecule has 0 fully saturated rings. The molecular formula is C18H19ClN2O3. The van der Waals surface area contributed by atoms with Gasteiger partial charge in [-0.2, -0.15) is 0 Å². The Hall–Kier alpha value is -2.53. The molecule has 5 nitrogen and oxygen atoms in total. The van der Waals surface area contributed by atoms with Crippen LogP contribution in [0.15, 0.2) is 36.4 Å². The molecule has 2 amide bonds. The first-order valence-electron chi connectivity index (χ1n) is 7.43. The maximum atomic E-state index is 12.0. The van der Waals surface area contributed by atoms with Crippen molar-refractivity contribution in [2.24, 2.45) is 0 Å². The van der Waals surface area contributed by atoms with Crippen molar-refractivity contribution in [2.45, 2.75) is 20.8 Å². The summed E-state index contributed by atoms with van der Waals surface area (Å²) in [6.45, 7) is 5.34. The Morgan fingerprint density at radius 1 is 1.00 bits per heavy atom. The predicted molar refractivity (Wildman–Crippen MR) is 93.2 cm³/mol. The van der Waals surface area contributed by atoms with Crippen molar-refractivity contribution in [3.05, 3.63) is 63.7 Å². The number of carbonyl (C=O) groups excluding carboxylic acids is 2. The van der Waals surface area contributed by atoms with E-state index in [2.05, 4.69) is 10.9 Å². The molecule has 0 saturated carbocycles. The van der Waals surface area contributed by atoms with Crippen LogP contribution in [0.3, 0.4) is 0 Å². The number of ether oxygens (including phenoxy) is 1. The molecule has 0 saturated heterocycles. The number of nitrogens with one attached hydrogen (secondary N) is 2. The fourth-order valence-corrected chi connectivity index (χ4v) is 2.31. The maximum absolute atomic E-state index is 12.0. The van der Waals surface area contributed by atoms with E-state index in [9.17, 15) is 9.59 Å². The van der Waals surface area contributed by atoms with E-state index >= 15 is 0 Å². The van der Waals surface area contributed by atoms with E-state index in [4.69, 9.17) is 16.3 Å². The van der Waals surface area contributed by atoms with Crippen molar-refractivity contribution in [1.82, 2.24) is 10.9 Å². The van der Waals surface area contributed by atoms with Gasteiger partial charge in [0.25, 0.3) is 11.8 Å². The van der Waals surface area contributed by atoms with Crippen LogP contribution in [-0.4, -0.2) is 18.4 Å². The number of aryl methyl sites for hydroxylation is 3. The Kier molecular flexibility index (Phi) is 5.82. The van der Waals surface area contributed by atoms with E-state index in [1.54, 1.807) is 24.3 Å². The van der Waals surface area contributed by atoms with Gasteiger partial charge in [0.15, 0.2) is 6.61 Å². The lowest BCUT2D eigenvalue weighted by atomic mass is 10.1. The van der Waals surface area contributed by atoms with Crippen molar-refractivity contribution in [1.29, 1.82) is 0 Å². The molecule has 0 heterocycles. The van der Waals surface area contributed by atoms with Crippen LogP contribution in [0, 0.1) is 20.8 Å². The SMILES string of the molecule is Cc1ccccc1C(=O)NNC(=O)COc1cc(C)c(Cl)c(C)c1. The molecule has 0 spiro atoms. The second kappa shape index (κ2) is 7.84. The summed E-state index contributed by atoms with van der Waals surface area (Å²) >= 11 is 6.09. The highest BCUT2D eigenvalue weighted by Crippen LogP contribution is 2.25. The third kappa shape index (κ3) is 4.49. The minimum absolute atomic E-state index is 0.214. The molecule has 2 rings (SSSR count). The van der Waals surface area contributed by atoms with Crippen LogP contribution >= 0.6 is 11.6 Å². The van der Waals surface area contributed by atoms with E-state index in [0.29, 0.717) is 16.3 Å². The van der Waals surface area contributed by atoms with Gasteiger partial charge < -0.3 is 4.74 Å². The molecular weight excluding hydrogens is 328 g/mol. The molecule has 0 aromatic heterocycles. The Morgan fingerprint density at radius 2 is 1.62 bits per heavy atom. The molecule has 2 N–H and O–H groups in total. The second-order valence-electron chi connectivity index (χ2n) is 5.48. The summed E-state index contributed by atoms with van der Waals surface area (Å²) < 4.78 is 5.42. The largest absolute Gasteiger partial charge is 0.484 e. The molecule has 0 aliphatic carbocycles. The predicted octanol–water partition coefficient (Wildman–Crippen LogP) is 3.11. The quantitative estimate of drug-likeness (QED) is 0.836. The van der Waals surface area contributed by atoms with Gasteiger partial charge in [0, 0.05) is 10.6 Å². The Bertz CT molecular complexity index is 752. The molecule has 0 unspecified atom stereocenters. The molecule has 0 aliphatic rings. The monoisotopic (exact) mass is 346 g/mol. The summed E-state index contributed by atoms with van der Waals surface area (Å²) in [5.74, 6) is -0.281. The molecule has 126 valence electrons. The number of carbonyl (C=O) groups is 2. The fourth-order valence-electron chi connectivity index (χ4n) is 2.20. The highest BCUT2D eigenvalue weighted by molar-refractivity contribution is 6.32. The number of hydrazine groups is 1. The zero-order valence-electron chi connectivity index (χ0n) is 13.8. The van der Waals surface area contributed by atoms with Crippen molar-refractivity contribution in [3.63, 3.8) is 0 Å². The van der Waals surface area contributed by atoms with E-state index < -0.39 is 5.91 Å². The molecule has 2 aromatic carbocycles. The van der Waals surface area contributed by atoms with Crippen LogP contribution in [0.2, 0.25) is 5.02 Å². The zero-order valence-corrected chi connectivity index (χ0v) is 14.5. The summed E-state index contributed by atoms with van der Waals surface area (Å²) in [5.41, 5.74) is 7.78. The summed E-state index contributed by atoms with van der Waals surface area (Å²) in [4.78, 5) is 23.8. The molecule has 0 aliphatic heterocycles. The Balaban J connectivity index is 1.86. The van der Waals surface area contributed by atoms with Gasteiger partial charge in [-0.1, -0.05) is 29.8 Å². The van der Waals surface area contributed by atoms with E-state index in [-0.39, 0.29) is 12.5 Å². The fraction of sp³-hybridized carbons (Fsp3) is 0.222. The zero-order chi connectivity index (χ0) is 17.7. The number of hydrogen-bond acceptors (Lipinski definition) is 3. The van der Waals surface area contributed by atoms with Gasteiger partial charge in [0.05, 0.1) is 0 Å². The topological polar surface area (TPSA) is 67.4 Å². The third-order valence-corrected chi connectivity index (χ3v) is 4.08. The lowest BCUT2D eigenvalue weighted by molar-refractivity contribution is -0.123. The van der Waals surface area contributed by atoms with Crippen LogP contribution < -0.4 is 15.6 Å². The number of amides is 2. The number of benzene rings is 2. The minimum Gasteiger partial charge on any atom is -0.484 e. The van der Waals surface area contributed by atoms with Gasteiger partial charge in [-0.3, -0.25) is 20.4 Å². The highest BCUT2D eigenvalue weighted by atomic mass is 35.5. The van der Waals surface area contributed by atoms with Crippen molar-refractivity contribution >= 4 is 23.4 Å². The Labute approximate surface area is 145 Å². The van der Waals surface area contributed by atoms with Crippen molar-refractivity contribution in [3.8, 4) is 5.75 Å². The van der Waals surface area contributed by atoms with Crippen molar-refractivity contribution in [2.75, 3.05) is 6.61 Å². The molecule has 24 heavy (non-hydrogen) atoms. The van der Waals surface area contributed by atoms with E-state index in [1.165, 1.54) is 0 Å². The van der Waals surface area contributed by atoms with Crippen LogP contribution in [0.5, 0.6) is 5.75 Å².